The van der Waals surface area contributed by atoms with Crippen molar-refractivity contribution in [1.82, 2.24) is 14.9 Å². The van der Waals surface area contributed by atoms with Crippen LogP contribution in [0.5, 0.6) is 0 Å². The van der Waals surface area contributed by atoms with E-state index in [0.717, 1.165) is 23.1 Å². The number of carbonyl (C=O) groups is 2. The number of para-hydroxylation sites is 1. The third-order valence-electron chi connectivity index (χ3n) is 5.40. The molecule has 0 bridgehead atoms. The Morgan fingerprint density at radius 2 is 1.89 bits per heavy atom. The van der Waals surface area contributed by atoms with E-state index in [1.165, 1.54) is 11.0 Å². The number of Topliss-reactive ketones (excluding diaryl/α,β-unsaturated/α-hetero) is 1. The number of aromatic nitrogens is 2. The zero-order chi connectivity index (χ0) is 26.3. The molecule has 1 atom stereocenters. The molecular weight excluding hydrogens is 515 g/mol. The maximum Gasteiger partial charge on any atom is 0.451 e. The van der Waals surface area contributed by atoms with E-state index < -0.39 is 29.3 Å². The van der Waals surface area contributed by atoms with Crippen molar-refractivity contribution in [3.8, 4) is 0 Å². The van der Waals surface area contributed by atoms with Gasteiger partial charge in [0.1, 0.15) is 16.2 Å². The molecule has 0 saturated carbocycles. The molecule has 1 saturated heterocycles. The number of likely N-dealkylation sites (tertiary alicyclic amines) is 1. The van der Waals surface area contributed by atoms with Crippen molar-refractivity contribution >= 4 is 45.9 Å². The fraction of sp³-hybridized carbons (Fsp3) is 0.417. The molecule has 0 spiro atoms. The molecule has 1 aliphatic heterocycles. The Balaban J connectivity index is 1.46. The van der Waals surface area contributed by atoms with Crippen molar-refractivity contribution in [3.63, 3.8) is 0 Å². The average Bonchev–Trinajstić information content (AvgIpc) is 3.44. The number of thiophene rings is 1. The van der Waals surface area contributed by atoms with Gasteiger partial charge in [0.2, 0.25) is 5.82 Å². The standard InChI is InChI=1S/C24H24F3N3O4S2/c1-22(2,3)34-21(32)30-11-10-23(33,13-30)18-9-8-17(36-18)16(31)12-35-19-14-6-4-5-7-15(14)28-20(29-19)24(25,26)27/h4-9,33H,10-13H2,1-3H3. The van der Waals surface area contributed by atoms with Crippen molar-refractivity contribution in [3.05, 3.63) is 52.0 Å². The highest BCUT2D eigenvalue weighted by Gasteiger charge is 2.42. The second-order valence-electron chi connectivity index (χ2n) is 9.43. The van der Waals surface area contributed by atoms with Crippen LogP contribution in [0, 0.1) is 0 Å². The number of nitrogens with zero attached hydrogens (tertiary/aromatic N) is 3. The average molecular weight is 540 g/mol. The fourth-order valence-corrected chi connectivity index (χ4v) is 5.75. The molecule has 1 fully saturated rings. The molecule has 0 radical (unpaired) electrons. The van der Waals surface area contributed by atoms with Crippen LogP contribution in [0.1, 0.15) is 47.6 Å². The van der Waals surface area contributed by atoms with E-state index in [0.29, 0.717) is 28.1 Å². The minimum absolute atomic E-state index is 0.0396. The van der Waals surface area contributed by atoms with Gasteiger partial charge in [-0.1, -0.05) is 30.0 Å². The number of halogens is 3. The quantitative estimate of drug-likeness (QED) is 0.260. The first kappa shape index (κ1) is 26.4. The largest absolute Gasteiger partial charge is 0.451 e. The Bertz CT molecular complexity index is 1310. The maximum atomic E-state index is 13.2. The summed E-state index contributed by atoms with van der Waals surface area (Å²) in [5.74, 6) is -1.70. The van der Waals surface area contributed by atoms with Gasteiger partial charge in [0.05, 0.1) is 22.7 Å². The van der Waals surface area contributed by atoms with Crippen LogP contribution in [0.3, 0.4) is 0 Å². The number of thioether (sulfide) groups is 1. The highest BCUT2D eigenvalue weighted by molar-refractivity contribution is 8.00. The Morgan fingerprint density at radius 1 is 1.17 bits per heavy atom. The van der Waals surface area contributed by atoms with Crippen LogP contribution in [0.25, 0.3) is 10.9 Å². The first-order valence-electron chi connectivity index (χ1n) is 11.1. The van der Waals surface area contributed by atoms with Gasteiger partial charge < -0.3 is 14.7 Å². The SMILES string of the molecule is CC(C)(C)OC(=O)N1CCC(O)(c2ccc(C(=O)CSc3nc(C(F)(F)F)nc4ccccc34)s2)C1. The van der Waals surface area contributed by atoms with Gasteiger partial charge in [-0.3, -0.25) is 4.79 Å². The number of ether oxygens (including phenoxy) is 1. The van der Waals surface area contributed by atoms with Gasteiger partial charge >= 0.3 is 12.3 Å². The van der Waals surface area contributed by atoms with Crippen molar-refractivity contribution < 1.29 is 32.6 Å². The predicted molar refractivity (Wildman–Crippen MR) is 130 cm³/mol. The monoisotopic (exact) mass is 539 g/mol. The van der Waals surface area contributed by atoms with Crippen LogP contribution in [0.15, 0.2) is 41.4 Å². The molecular formula is C24H24F3N3O4S2. The smallest absolute Gasteiger partial charge is 0.444 e. The second kappa shape index (κ2) is 9.64. The van der Waals surface area contributed by atoms with Crippen LogP contribution in [0.4, 0.5) is 18.0 Å². The van der Waals surface area contributed by atoms with Crippen LogP contribution in [-0.2, 0) is 16.5 Å². The van der Waals surface area contributed by atoms with E-state index in [1.54, 1.807) is 51.1 Å². The van der Waals surface area contributed by atoms with E-state index in [9.17, 15) is 27.9 Å². The molecule has 4 rings (SSSR count). The molecule has 192 valence electrons. The third kappa shape index (κ3) is 5.81. The Morgan fingerprint density at radius 3 is 2.58 bits per heavy atom. The third-order valence-corrected chi connectivity index (χ3v) is 7.71. The Kier molecular flexibility index (Phi) is 7.06. The highest BCUT2D eigenvalue weighted by Crippen LogP contribution is 2.38. The van der Waals surface area contributed by atoms with Gasteiger partial charge in [0.25, 0.3) is 0 Å². The number of aliphatic hydroxyl groups is 1. The molecule has 12 heteroatoms. The number of fused-ring (bicyclic) bond motifs is 1. The predicted octanol–water partition coefficient (Wildman–Crippen LogP) is 5.51. The zero-order valence-electron chi connectivity index (χ0n) is 19.8. The van der Waals surface area contributed by atoms with Gasteiger partial charge in [-0.05, 0) is 39.0 Å². The van der Waals surface area contributed by atoms with Crippen molar-refractivity contribution in [2.45, 2.75) is 49.6 Å². The normalized spacial score (nSPS) is 18.6. The summed E-state index contributed by atoms with van der Waals surface area (Å²) in [6.45, 7) is 5.63. The lowest BCUT2D eigenvalue weighted by Gasteiger charge is -2.26. The summed E-state index contributed by atoms with van der Waals surface area (Å²) >= 11 is 2.01. The fourth-order valence-electron chi connectivity index (χ4n) is 3.70. The lowest BCUT2D eigenvalue weighted by Crippen LogP contribution is -2.37. The summed E-state index contributed by atoms with van der Waals surface area (Å²) in [7, 11) is 0. The highest BCUT2D eigenvalue weighted by atomic mass is 32.2. The molecule has 2 aromatic heterocycles. The topological polar surface area (TPSA) is 92.6 Å². The Hall–Kier alpha value is -2.70. The van der Waals surface area contributed by atoms with Crippen LogP contribution >= 0.6 is 23.1 Å². The lowest BCUT2D eigenvalue weighted by molar-refractivity contribution is -0.145. The van der Waals surface area contributed by atoms with Gasteiger partial charge in [0.15, 0.2) is 5.78 Å². The number of hydrogen-bond acceptors (Lipinski definition) is 8. The van der Waals surface area contributed by atoms with Crippen LogP contribution < -0.4 is 0 Å². The molecule has 1 aromatic carbocycles. The number of benzene rings is 1. The molecule has 1 unspecified atom stereocenters. The van der Waals surface area contributed by atoms with Crippen LogP contribution in [0.2, 0.25) is 0 Å². The summed E-state index contributed by atoms with van der Waals surface area (Å²) in [5, 5.41) is 11.6. The van der Waals surface area contributed by atoms with Gasteiger partial charge in [-0.2, -0.15) is 13.2 Å². The van der Waals surface area contributed by atoms with Crippen LogP contribution in [-0.4, -0.2) is 56.3 Å². The number of amides is 1. The second-order valence-corrected chi connectivity index (χ2v) is 11.5. The molecule has 7 nitrogen and oxygen atoms in total. The number of hydrogen-bond donors (Lipinski definition) is 1. The van der Waals surface area contributed by atoms with E-state index in [2.05, 4.69) is 9.97 Å². The van der Waals surface area contributed by atoms with E-state index >= 15 is 0 Å². The van der Waals surface area contributed by atoms with Crippen molar-refractivity contribution in [2.24, 2.45) is 0 Å². The first-order chi connectivity index (χ1) is 16.7. The lowest BCUT2D eigenvalue weighted by atomic mass is 10.0. The summed E-state index contributed by atoms with van der Waals surface area (Å²) in [5.41, 5.74) is -1.82. The molecule has 1 N–H and O–H groups in total. The summed E-state index contributed by atoms with van der Waals surface area (Å²) in [4.78, 5) is 34.8. The summed E-state index contributed by atoms with van der Waals surface area (Å²) in [6.07, 6.45) is -4.93. The number of carbonyl (C=O) groups excluding carboxylic acids is 2. The van der Waals surface area contributed by atoms with Crippen molar-refractivity contribution in [2.75, 3.05) is 18.8 Å². The number of rotatable bonds is 5. The number of β-amino-alcohol motifs (C(OH)–C–C–N with tert-alkyl or cyclic N) is 1. The van der Waals surface area contributed by atoms with E-state index in [-0.39, 0.29) is 28.6 Å². The number of ketones is 1. The molecule has 1 amide bonds. The van der Waals surface area contributed by atoms with E-state index in [4.69, 9.17) is 4.74 Å². The molecule has 1 aliphatic rings. The molecule has 0 aliphatic carbocycles. The zero-order valence-corrected chi connectivity index (χ0v) is 21.4. The first-order valence-corrected chi connectivity index (χ1v) is 12.9. The number of alkyl halides is 3. The Labute approximate surface area is 213 Å². The summed E-state index contributed by atoms with van der Waals surface area (Å²) < 4.78 is 45.1. The molecule has 36 heavy (non-hydrogen) atoms. The minimum atomic E-state index is -4.71. The van der Waals surface area contributed by atoms with E-state index in [1.807, 2.05) is 0 Å². The van der Waals surface area contributed by atoms with Gasteiger partial charge in [0, 0.05) is 23.2 Å². The van der Waals surface area contributed by atoms with Gasteiger partial charge in [-0.25, -0.2) is 14.8 Å². The minimum Gasteiger partial charge on any atom is -0.444 e. The van der Waals surface area contributed by atoms with Gasteiger partial charge in [-0.15, -0.1) is 11.3 Å². The maximum absolute atomic E-state index is 13.2. The summed E-state index contributed by atoms with van der Waals surface area (Å²) in [6, 6.07) is 9.54. The molecule has 3 aromatic rings. The molecule has 3 heterocycles. The van der Waals surface area contributed by atoms with Crippen molar-refractivity contribution in [1.29, 1.82) is 0 Å².